The van der Waals surface area contributed by atoms with Crippen molar-refractivity contribution in [3.63, 3.8) is 0 Å². The molecule has 1 rings (SSSR count). The van der Waals surface area contributed by atoms with Crippen molar-refractivity contribution in [3.05, 3.63) is 34.4 Å². The Morgan fingerprint density at radius 2 is 1.10 bits per heavy atom. The van der Waals surface area contributed by atoms with Gasteiger partial charge in [0.1, 0.15) is 0 Å². The highest BCUT2D eigenvalue weighted by Gasteiger charge is 2.44. The molecule has 1 radical (unpaired) electrons. The highest BCUT2D eigenvalue weighted by Crippen LogP contribution is 2.43. The van der Waals surface area contributed by atoms with Gasteiger partial charge in [0.2, 0.25) is 0 Å². The molecule has 119 valence electrons. The summed E-state index contributed by atoms with van der Waals surface area (Å²) >= 11 is 0. The van der Waals surface area contributed by atoms with E-state index in [1.54, 1.807) is 0 Å². The molecule has 0 atom stereocenters. The van der Waals surface area contributed by atoms with Crippen LogP contribution in [0.2, 0.25) is 0 Å². The van der Waals surface area contributed by atoms with Crippen LogP contribution in [-0.2, 0) is 30.1 Å². The zero-order valence-electron chi connectivity index (χ0n) is 9.88. The summed E-state index contributed by atoms with van der Waals surface area (Å²) in [7, 11) is 0. The third kappa shape index (κ3) is 4.02. The largest absolute Gasteiger partial charge is 0.416 e. The first-order chi connectivity index (χ1) is 9.28. The van der Waals surface area contributed by atoms with E-state index in [1.807, 2.05) is 0 Å². The molecule has 0 heterocycles. The lowest BCUT2D eigenvalue weighted by atomic mass is 9.94. The van der Waals surface area contributed by atoms with Crippen LogP contribution in [0.25, 0.3) is 0 Å². The SMILES string of the molecule is [O]CCc1c(C(F)(F)F)cc(C(F)(F)F)cc1C(F)(F)F. The maximum Gasteiger partial charge on any atom is 0.416 e. The Hall–Kier alpha value is -1.45. The van der Waals surface area contributed by atoms with E-state index < -0.39 is 65.9 Å². The van der Waals surface area contributed by atoms with E-state index in [-0.39, 0.29) is 0 Å². The van der Waals surface area contributed by atoms with E-state index in [4.69, 9.17) is 0 Å². The normalized spacial score (nSPS) is 13.6. The van der Waals surface area contributed by atoms with Crippen molar-refractivity contribution < 1.29 is 44.6 Å². The van der Waals surface area contributed by atoms with Crippen molar-refractivity contribution in [2.75, 3.05) is 6.61 Å². The molecular formula is C11H6F9O. The molecule has 0 aliphatic heterocycles. The van der Waals surface area contributed by atoms with Crippen molar-refractivity contribution in [3.8, 4) is 0 Å². The van der Waals surface area contributed by atoms with Gasteiger partial charge in [-0.25, -0.2) is 5.11 Å². The van der Waals surface area contributed by atoms with Crippen LogP contribution in [0.15, 0.2) is 12.1 Å². The number of benzene rings is 1. The van der Waals surface area contributed by atoms with Gasteiger partial charge in [-0.05, 0) is 17.7 Å². The minimum absolute atomic E-state index is 0.416. The molecule has 0 saturated carbocycles. The maximum absolute atomic E-state index is 12.7. The fourth-order valence-corrected chi connectivity index (χ4v) is 1.71. The third-order valence-corrected chi connectivity index (χ3v) is 2.54. The zero-order valence-corrected chi connectivity index (χ0v) is 9.88. The van der Waals surface area contributed by atoms with Gasteiger partial charge >= 0.3 is 18.5 Å². The summed E-state index contributed by atoms with van der Waals surface area (Å²) in [6.07, 6.45) is -17.4. The zero-order chi connectivity index (χ0) is 16.6. The first kappa shape index (κ1) is 17.6. The summed E-state index contributed by atoms with van der Waals surface area (Å²) < 4.78 is 113. The number of alkyl halides is 9. The predicted molar refractivity (Wildman–Crippen MR) is 50.7 cm³/mol. The van der Waals surface area contributed by atoms with Crippen LogP contribution in [0.4, 0.5) is 39.5 Å². The van der Waals surface area contributed by atoms with Crippen molar-refractivity contribution in [2.45, 2.75) is 24.9 Å². The molecule has 0 aliphatic carbocycles. The average molecular weight is 325 g/mol. The summed E-state index contributed by atoms with van der Waals surface area (Å²) in [5, 5.41) is 10.4. The molecule has 0 bridgehead atoms. The molecule has 0 amide bonds. The number of halogens is 9. The summed E-state index contributed by atoms with van der Waals surface area (Å²) in [5.74, 6) is 0. The van der Waals surface area contributed by atoms with Gasteiger partial charge in [0.25, 0.3) is 0 Å². The second-order valence-corrected chi connectivity index (χ2v) is 4.00. The third-order valence-electron chi connectivity index (χ3n) is 2.54. The van der Waals surface area contributed by atoms with Gasteiger partial charge in [-0.15, -0.1) is 0 Å². The van der Waals surface area contributed by atoms with Gasteiger partial charge in [0.15, 0.2) is 0 Å². The fraction of sp³-hybridized carbons (Fsp3) is 0.455. The smallest absolute Gasteiger partial charge is 0.236 e. The molecule has 0 fully saturated rings. The first-order valence-corrected chi connectivity index (χ1v) is 5.25. The quantitative estimate of drug-likeness (QED) is 0.702. The summed E-state index contributed by atoms with van der Waals surface area (Å²) in [6, 6.07) is -0.833. The second-order valence-electron chi connectivity index (χ2n) is 4.00. The lowest BCUT2D eigenvalue weighted by Crippen LogP contribution is -2.20. The Bertz CT molecular complexity index is 475. The number of rotatable bonds is 2. The Kier molecular flexibility index (Phi) is 4.52. The first-order valence-electron chi connectivity index (χ1n) is 5.25. The predicted octanol–water partition coefficient (Wildman–Crippen LogP) is 4.72. The van der Waals surface area contributed by atoms with E-state index in [1.165, 1.54) is 0 Å². The molecule has 1 aromatic rings. The van der Waals surface area contributed by atoms with Crippen LogP contribution in [0.3, 0.4) is 0 Å². The molecule has 0 aliphatic rings. The Balaban J connectivity index is 3.75. The molecular weight excluding hydrogens is 319 g/mol. The van der Waals surface area contributed by atoms with Crippen LogP contribution < -0.4 is 0 Å². The Morgan fingerprint density at radius 3 is 1.33 bits per heavy atom. The minimum atomic E-state index is -5.44. The van der Waals surface area contributed by atoms with Crippen LogP contribution in [0, 0.1) is 0 Å². The van der Waals surface area contributed by atoms with Gasteiger partial charge in [-0.1, -0.05) is 0 Å². The molecule has 1 nitrogen and oxygen atoms in total. The minimum Gasteiger partial charge on any atom is -0.236 e. The molecule has 21 heavy (non-hydrogen) atoms. The van der Waals surface area contributed by atoms with Crippen LogP contribution in [-0.4, -0.2) is 6.61 Å². The summed E-state index contributed by atoms with van der Waals surface area (Å²) in [4.78, 5) is 0. The van der Waals surface area contributed by atoms with Crippen LogP contribution >= 0.6 is 0 Å². The fourth-order valence-electron chi connectivity index (χ4n) is 1.71. The lowest BCUT2D eigenvalue weighted by molar-refractivity contribution is -0.149. The van der Waals surface area contributed by atoms with E-state index in [9.17, 15) is 44.6 Å². The molecule has 10 heteroatoms. The molecule has 0 unspecified atom stereocenters. The van der Waals surface area contributed by atoms with Gasteiger partial charge in [0, 0.05) is 6.42 Å². The topological polar surface area (TPSA) is 19.9 Å². The van der Waals surface area contributed by atoms with Crippen LogP contribution in [0.5, 0.6) is 0 Å². The molecule has 0 N–H and O–H groups in total. The molecule has 0 aromatic heterocycles. The summed E-state index contributed by atoms with van der Waals surface area (Å²) in [6.45, 7) is -1.32. The Morgan fingerprint density at radius 1 is 0.714 bits per heavy atom. The van der Waals surface area contributed by atoms with Gasteiger partial charge in [-0.2, -0.15) is 39.5 Å². The average Bonchev–Trinajstić information content (AvgIpc) is 2.24. The van der Waals surface area contributed by atoms with Crippen molar-refractivity contribution >= 4 is 0 Å². The highest BCUT2D eigenvalue weighted by molar-refractivity contribution is 5.43. The standard InChI is InChI=1S/C11H6F9O/c12-9(13,14)5-3-7(10(15,16)17)6(1-2-21)8(4-5)11(18,19)20/h3-4H,1-2H2. The second kappa shape index (κ2) is 5.39. The maximum atomic E-state index is 12.7. The highest BCUT2D eigenvalue weighted by atomic mass is 19.4. The van der Waals surface area contributed by atoms with Gasteiger partial charge in [0.05, 0.1) is 23.3 Å². The molecule has 0 spiro atoms. The van der Waals surface area contributed by atoms with Crippen molar-refractivity contribution in [2.24, 2.45) is 0 Å². The molecule has 0 saturated heterocycles. The van der Waals surface area contributed by atoms with E-state index >= 15 is 0 Å². The number of hydrogen-bond acceptors (Lipinski definition) is 0. The monoisotopic (exact) mass is 325 g/mol. The lowest BCUT2D eigenvalue weighted by Gasteiger charge is -2.20. The van der Waals surface area contributed by atoms with Crippen molar-refractivity contribution in [1.82, 2.24) is 0 Å². The van der Waals surface area contributed by atoms with Crippen molar-refractivity contribution in [1.29, 1.82) is 0 Å². The van der Waals surface area contributed by atoms with Crippen LogP contribution in [0.1, 0.15) is 22.3 Å². The van der Waals surface area contributed by atoms with E-state index in [0.29, 0.717) is 0 Å². The molecule has 1 aromatic carbocycles. The van der Waals surface area contributed by atoms with E-state index in [2.05, 4.69) is 0 Å². The van der Waals surface area contributed by atoms with Gasteiger partial charge < -0.3 is 0 Å². The number of hydrogen-bond donors (Lipinski definition) is 0. The van der Waals surface area contributed by atoms with Gasteiger partial charge in [-0.3, -0.25) is 0 Å². The van der Waals surface area contributed by atoms with E-state index in [0.717, 1.165) is 0 Å². The summed E-state index contributed by atoms with van der Waals surface area (Å²) in [5.41, 5.74) is -7.74. The Labute approximate surface area is 112 Å².